The molecule has 15 heavy (non-hydrogen) atoms. The zero-order valence-corrected chi connectivity index (χ0v) is 9.14. The van der Waals surface area contributed by atoms with Gasteiger partial charge in [0.2, 0.25) is 6.43 Å². The molecule has 0 radical (unpaired) electrons. The molecule has 0 heterocycles. The fraction of sp³-hybridized carbons (Fsp3) is 0.400. The minimum atomic E-state index is -2.38. The number of ether oxygens (including phenoxy) is 1. The third-order valence-electron chi connectivity index (χ3n) is 1.95. The smallest absolute Gasteiger partial charge is 0.240 e. The van der Waals surface area contributed by atoms with Gasteiger partial charge in [0.1, 0.15) is 5.75 Å². The highest BCUT2D eigenvalue weighted by Gasteiger charge is 2.12. The van der Waals surface area contributed by atoms with Crippen LogP contribution in [0.1, 0.15) is 18.0 Å². The Bertz CT molecular complexity index is 297. The molecule has 86 valence electrons. The second-order valence-electron chi connectivity index (χ2n) is 3.01. The molecular weight excluding hydrogens is 224 g/mol. The third-order valence-corrected chi connectivity index (χ3v) is 1.95. The topological polar surface area (TPSA) is 35.2 Å². The molecule has 1 aromatic rings. The number of benzene rings is 1. The lowest BCUT2D eigenvalue weighted by molar-refractivity contribution is 0.128. The van der Waals surface area contributed by atoms with Crippen LogP contribution in [-0.2, 0) is 0 Å². The van der Waals surface area contributed by atoms with Crippen LogP contribution in [0.25, 0.3) is 0 Å². The number of hydrogen-bond donors (Lipinski definition) is 1. The number of methoxy groups -OCH3 is 1. The van der Waals surface area contributed by atoms with E-state index >= 15 is 0 Å². The summed E-state index contributed by atoms with van der Waals surface area (Å²) in [6.07, 6.45) is -2.70. The maximum absolute atomic E-state index is 12.0. The summed E-state index contributed by atoms with van der Waals surface area (Å²) in [6.45, 7) is 0. The van der Waals surface area contributed by atoms with Crippen LogP contribution in [0.2, 0.25) is 0 Å². The number of hydrogen-bond acceptors (Lipinski definition) is 2. The normalized spacial score (nSPS) is 12.1. The maximum Gasteiger partial charge on any atom is 0.240 e. The first-order valence-corrected chi connectivity index (χ1v) is 4.31. The van der Waals surface area contributed by atoms with Crippen LogP contribution in [0.3, 0.4) is 0 Å². The van der Waals surface area contributed by atoms with Crippen molar-refractivity contribution in [3.05, 3.63) is 29.8 Å². The summed E-state index contributed by atoms with van der Waals surface area (Å²) < 4.78 is 29.1. The van der Waals surface area contributed by atoms with E-state index in [-0.39, 0.29) is 18.8 Å². The molecule has 1 atom stereocenters. The quantitative estimate of drug-likeness (QED) is 0.874. The molecule has 2 nitrogen and oxygen atoms in total. The minimum absolute atomic E-state index is 0. The molecule has 1 rings (SSSR count). The third kappa shape index (κ3) is 4.44. The molecule has 0 saturated heterocycles. The van der Waals surface area contributed by atoms with Crippen LogP contribution in [0, 0.1) is 0 Å². The fourth-order valence-electron chi connectivity index (χ4n) is 1.20. The van der Waals surface area contributed by atoms with Crippen LogP contribution in [-0.4, -0.2) is 13.5 Å². The van der Waals surface area contributed by atoms with Crippen molar-refractivity contribution in [3.8, 4) is 5.75 Å². The lowest BCUT2D eigenvalue weighted by Gasteiger charge is -2.12. The van der Waals surface area contributed by atoms with Crippen molar-refractivity contribution in [1.82, 2.24) is 0 Å². The average molecular weight is 238 g/mol. The number of alkyl halides is 2. The van der Waals surface area contributed by atoms with E-state index in [1.165, 1.54) is 7.11 Å². The summed E-state index contributed by atoms with van der Waals surface area (Å²) in [7, 11) is 1.53. The molecule has 0 saturated carbocycles. The Kier molecular flexibility index (Phi) is 6.20. The highest BCUT2D eigenvalue weighted by molar-refractivity contribution is 5.85. The van der Waals surface area contributed by atoms with Crippen molar-refractivity contribution in [2.45, 2.75) is 18.9 Å². The second kappa shape index (κ2) is 6.58. The Morgan fingerprint density at radius 2 is 2.07 bits per heavy atom. The fourth-order valence-corrected chi connectivity index (χ4v) is 1.20. The van der Waals surface area contributed by atoms with Gasteiger partial charge in [-0.25, -0.2) is 8.78 Å². The Labute approximate surface area is 93.8 Å². The highest BCUT2D eigenvalue weighted by atomic mass is 35.5. The van der Waals surface area contributed by atoms with Gasteiger partial charge >= 0.3 is 0 Å². The molecule has 0 spiro atoms. The molecule has 0 amide bonds. The lowest BCUT2D eigenvalue weighted by Crippen LogP contribution is -2.13. The van der Waals surface area contributed by atoms with Crippen LogP contribution < -0.4 is 10.5 Å². The van der Waals surface area contributed by atoms with Crippen molar-refractivity contribution in [3.63, 3.8) is 0 Å². The Morgan fingerprint density at radius 3 is 2.60 bits per heavy atom. The minimum Gasteiger partial charge on any atom is -0.497 e. The predicted molar refractivity (Wildman–Crippen MR) is 57.8 cm³/mol. The SMILES string of the molecule is COc1cccc([C@@H](N)CC(F)F)c1.Cl. The molecule has 0 aliphatic heterocycles. The summed E-state index contributed by atoms with van der Waals surface area (Å²) in [5, 5.41) is 0. The standard InChI is InChI=1S/C10H13F2NO.ClH/c1-14-8-4-2-3-7(5-8)9(13)6-10(11)12;/h2-5,9-10H,6,13H2,1H3;1H/t9-;/m0./s1. The molecule has 2 N–H and O–H groups in total. The van der Waals surface area contributed by atoms with E-state index in [0.29, 0.717) is 11.3 Å². The number of nitrogens with two attached hydrogens (primary N) is 1. The molecule has 5 heteroatoms. The van der Waals surface area contributed by atoms with E-state index in [2.05, 4.69) is 0 Å². The highest BCUT2D eigenvalue weighted by Crippen LogP contribution is 2.21. The molecule has 0 unspecified atom stereocenters. The van der Waals surface area contributed by atoms with Crippen LogP contribution in [0.15, 0.2) is 24.3 Å². The first-order chi connectivity index (χ1) is 6.63. The van der Waals surface area contributed by atoms with Gasteiger partial charge in [0.05, 0.1) is 7.11 Å². The van der Waals surface area contributed by atoms with Crippen molar-refractivity contribution >= 4 is 12.4 Å². The molecule has 0 aliphatic carbocycles. The van der Waals surface area contributed by atoms with Gasteiger partial charge in [0, 0.05) is 12.5 Å². The summed E-state index contributed by atoms with van der Waals surface area (Å²) in [5.74, 6) is 0.632. The summed E-state index contributed by atoms with van der Waals surface area (Å²) >= 11 is 0. The summed E-state index contributed by atoms with van der Waals surface area (Å²) in [5.41, 5.74) is 6.25. The Balaban J connectivity index is 0.00000196. The van der Waals surface area contributed by atoms with E-state index in [0.717, 1.165) is 0 Å². The van der Waals surface area contributed by atoms with Gasteiger partial charge < -0.3 is 10.5 Å². The van der Waals surface area contributed by atoms with Gasteiger partial charge in [-0.3, -0.25) is 0 Å². The average Bonchev–Trinajstić information content (AvgIpc) is 2.17. The van der Waals surface area contributed by atoms with E-state index in [1.54, 1.807) is 24.3 Å². The van der Waals surface area contributed by atoms with Crippen molar-refractivity contribution in [1.29, 1.82) is 0 Å². The van der Waals surface area contributed by atoms with Gasteiger partial charge in [0.25, 0.3) is 0 Å². The summed E-state index contributed by atoms with van der Waals surface area (Å²) in [6, 6.07) is 6.24. The lowest BCUT2D eigenvalue weighted by atomic mass is 10.0. The monoisotopic (exact) mass is 237 g/mol. The van der Waals surface area contributed by atoms with E-state index in [4.69, 9.17) is 10.5 Å². The Morgan fingerprint density at radius 1 is 1.40 bits per heavy atom. The molecule has 0 aliphatic rings. The van der Waals surface area contributed by atoms with Gasteiger partial charge in [-0.1, -0.05) is 12.1 Å². The zero-order chi connectivity index (χ0) is 10.6. The number of rotatable bonds is 4. The molecule has 0 fully saturated rings. The van der Waals surface area contributed by atoms with E-state index < -0.39 is 12.5 Å². The van der Waals surface area contributed by atoms with Crippen molar-refractivity contribution in [2.24, 2.45) is 5.73 Å². The largest absolute Gasteiger partial charge is 0.497 e. The predicted octanol–water partition coefficient (Wildman–Crippen LogP) is 2.77. The van der Waals surface area contributed by atoms with Crippen LogP contribution in [0.5, 0.6) is 5.75 Å². The van der Waals surface area contributed by atoms with Gasteiger partial charge in [0.15, 0.2) is 0 Å². The van der Waals surface area contributed by atoms with Crippen LogP contribution >= 0.6 is 12.4 Å². The molecule has 0 bridgehead atoms. The van der Waals surface area contributed by atoms with Gasteiger partial charge in [-0.05, 0) is 17.7 Å². The molecule has 0 aromatic heterocycles. The van der Waals surface area contributed by atoms with E-state index in [1.807, 2.05) is 0 Å². The van der Waals surface area contributed by atoms with Crippen LogP contribution in [0.4, 0.5) is 8.78 Å². The van der Waals surface area contributed by atoms with Gasteiger partial charge in [-0.2, -0.15) is 0 Å². The maximum atomic E-state index is 12.0. The Hall–Kier alpha value is -0.870. The first kappa shape index (κ1) is 14.1. The van der Waals surface area contributed by atoms with Crippen molar-refractivity contribution in [2.75, 3.05) is 7.11 Å². The van der Waals surface area contributed by atoms with Gasteiger partial charge in [-0.15, -0.1) is 12.4 Å². The molecule has 1 aromatic carbocycles. The number of halogens is 3. The first-order valence-electron chi connectivity index (χ1n) is 4.31. The second-order valence-corrected chi connectivity index (χ2v) is 3.01. The van der Waals surface area contributed by atoms with E-state index in [9.17, 15) is 8.78 Å². The summed E-state index contributed by atoms with van der Waals surface area (Å²) in [4.78, 5) is 0. The zero-order valence-electron chi connectivity index (χ0n) is 8.32. The van der Waals surface area contributed by atoms with Crippen molar-refractivity contribution < 1.29 is 13.5 Å². The molecular formula is C10H14ClF2NO.